The zero-order valence-electron chi connectivity index (χ0n) is 11.1. The van der Waals surface area contributed by atoms with Gasteiger partial charge in [-0.1, -0.05) is 29.8 Å². The Hall–Kier alpha value is -1.91. The first-order valence-electron chi connectivity index (χ1n) is 6.21. The second-order valence-electron chi connectivity index (χ2n) is 4.20. The largest absolute Gasteiger partial charge is 0.384 e. The molecule has 1 N–H and O–H groups in total. The molecule has 4 nitrogen and oxygen atoms in total. The molecule has 20 heavy (non-hydrogen) atoms. The Balaban J connectivity index is 2.18. The van der Waals surface area contributed by atoms with Gasteiger partial charge in [0, 0.05) is 19.0 Å². The van der Waals surface area contributed by atoms with Crippen LogP contribution >= 0.6 is 11.6 Å². The van der Waals surface area contributed by atoms with E-state index in [1.165, 1.54) is 0 Å². The molecule has 0 atom stereocenters. The number of halogens is 1. The highest BCUT2D eigenvalue weighted by Gasteiger charge is 2.12. The number of aromatic nitrogens is 1. The van der Waals surface area contributed by atoms with E-state index in [1.54, 1.807) is 25.4 Å². The lowest BCUT2D eigenvalue weighted by Crippen LogP contribution is -2.14. The summed E-state index contributed by atoms with van der Waals surface area (Å²) in [7, 11) is 1.65. The van der Waals surface area contributed by atoms with Crippen LogP contribution in [0.3, 0.4) is 0 Å². The van der Waals surface area contributed by atoms with Gasteiger partial charge in [-0.25, -0.2) is 4.98 Å². The minimum atomic E-state index is -0.270. The van der Waals surface area contributed by atoms with E-state index in [0.29, 0.717) is 12.2 Å². The molecular formula is C15H15ClN2O2. The van der Waals surface area contributed by atoms with Gasteiger partial charge in [-0.15, -0.1) is 0 Å². The van der Waals surface area contributed by atoms with Gasteiger partial charge in [0.05, 0.1) is 12.2 Å². The van der Waals surface area contributed by atoms with Crippen molar-refractivity contribution in [3.05, 3.63) is 58.9 Å². The maximum Gasteiger partial charge on any atom is 0.258 e. The van der Waals surface area contributed by atoms with E-state index >= 15 is 0 Å². The summed E-state index contributed by atoms with van der Waals surface area (Å²) in [6.07, 6.45) is 2.28. The van der Waals surface area contributed by atoms with Crippen LogP contribution in [0.2, 0.25) is 5.15 Å². The maximum absolute atomic E-state index is 12.2. The SMILES string of the molecule is COCCc1ccccc1NC(=O)c1cccnc1Cl. The van der Waals surface area contributed by atoms with E-state index in [4.69, 9.17) is 16.3 Å². The molecule has 104 valence electrons. The summed E-state index contributed by atoms with van der Waals surface area (Å²) in [5.41, 5.74) is 2.13. The molecule has 0 aliphatic carbocycles. The number of amides is 1. The topological polar surface area (TPSA) is 51.2 Å². The molecule has 1 heterocycles. The summed E-state index contributed by atoms with van der Waals surface area (Å²) in [6.45, 7) is 0.598. The third-order valence-electron chi connectivity index (χ3n) is 2.84. The van der Waals surface area contributed by atoms with Crippen LogP contribution in [-0.4, -0.2) is 24.6 Å². The highest BCUT2D eigenvalue weighted by molar-refractivity contribution is 6.33. The number of carbonyl (C=O) groups is 1. The average molecular weight is 291 g/mol. The number of hydrogen-bond donors (Lipinski definition) is 1. The van der Waals surface area contributed by atoms with Gasteiger partial charge in [-0.3, -0.25) is 4.79 Å². The van der Waals surface area contributed by atoms with Crippen molar-refractivity contribution in [1.29, 1.82) is 0 Å². The quantitative estimate of drug-likeness (QED) is 0.861. The predicted octanol–water partition coefficient (Wildman–Crippen LogP) is 3.18. The number of nitrogens with zero attached hydrogens (tertiary/aromatic N) is 1. The third kappa shape index (κ3) is 3.56. The monoisotopic (exact) mass is 290 g/mol. The van der Waals surface area contributed by atoms with Crippen molar-refractivity contribution >= 4 is 23.2 Å². The van der Waals surface area contributed by atoms with Crippen molar-refractivity contribution in [2.24, 2.45) is 0 Å². The van der Waals surface area contributed by atoms with E-state index in [9.17, 15) is 4.79 Å². The fraction of sp³-hybridized carbons (Fsp3) is 0.200. The molecule has 2 aromatic rings. The minimum absolute atomic E-state index is 0.194. The molecule has 0 radical (unpaired) electrons. The summed E-state index contributed by atoms with van der Waals surface area (Å²) >= 11 is 5.92. The number of ether oxygens (including phenoxy) is 1. The van der Waals surface area contributed by atoms with Crippen molar-refractivity contribution in [2.45, 2.75) is 6.42 Å². The normalized spacial score (nSPS) is 10.3. The number of benzene rings is 1. The number of pyridine rings is 1. The van der Waals surface area contributed by atoms with Crippen LogP contribution in [0.1, 0.15) is 15.9 Å². The number of rotatable bonds is 5. The summed E-state index contributed by atoms with van der Waals surface area (Å²) in [5.74, 6) is -0.270. The Morgan fingerprint density at radius 2 is 2.10 bits per heavy atom. The summed E-state index contributed by atoms with van der Waals surface area (Å²) in [5, 5.41) is 3.05. The fourth-order valence-electron chi connectivity index (χ4n) is 1.82. The predicted molar refractivity (Wildman–Crippen MR) is 79.2 cm³/mol. The van der Waals surface area contributed by atoms with Gasteiger partial charge in [0.25, 0.3) is 5.91 Å². The first-order chi connectivity index (χ1) is 9.72. The number of carbonyl (C=O) groups excluding carboxylic acids is 1. The van der Waals surface area contributed by atoms with Crippen molar-refractivity contribution in [2.75, 3.05) is 19.0 Å². The Kier molecular flexibility index (Phi) is 5.09. The van der Waals surface area contributed by atoms with E-state index in [2.05, 4.69) is 10.3 Å². The molecule has 1 aromatic carbocycles. The zero-order valence-corrected chi connectivity index (χ0v) is 11.9. The molecule has 1 amide bonds. The molecule has 0 fully saturated rings. The highest BCUT2D eigenvalue weighted by atomic mass is 35.5. The van der Waals surface area contributed by atoms with Gasteiger partial charge in [-0.2, -0.15) is 0 Å². The standard InChI is InChI=1S/C15H15ClN2O2/c1-20-10-8-11-5-2-3-7-13(11)18-15(19)12-6-4-9-17-14(12)16/h2-7,9H,8,10H2,1H3,(H,18,19). The Bertz CT molecular complexity index is 602. The Morgan fingerprint density at radius 3 is 2.85 bits per heavy atom. The molecule has 2 rings (SSSR count). The van der Waals surface area contributed by atoms with Gasteiger partial charge in [-0.05, 0) is 30.2 Å². The summed E-state index contributed by atoms with van der Waals surface area (Å²) in [6, 6.07) is 10.9. The van der Waals surface area contributed by atoms with E-state index in [-0.39, 0.29) is 11.1 Å². The lowest BCUT2D eigenvalue weighted by molar-refractivity contribution is 0.102. The second kappa shape index (κ2) is 7.03. The number of hydrogen-bond acceptors (Lipinski definition) is 3. The van der Waals surface area contributed by atoms with Crippen LogP contribution < -0.4 is 5.32 Å². The number of anilines is 1. The van der Waals surface area contributed by atoms with Gasteiger partial charge in [0.2, 0.25) is 0 Å². The number of nitrogens with one attached hydrogen (secondary N) is 1. The number of para-hydroxylation sites is 1. The average Bonchev–Trinajstić information content (AvgIpc) is 2.46. The van der Waals surface area contributed by atoms with Crippen LogP contribution in [0.25, 0.3) is 0 Å². The lowest BCUT2D eigenvalue weighted by Gasteiger charge is -2.11. The van der Waals surface area contributed by atoms with Gasteiger partial charge < -0.3 is 10.1 Å². The van der Waals surface area contributed by atoms with E-state index in [0.717, 1.165) is 17.7 Å². The van der Waals surface area contributed by atoms with Crippen molar-refractivity contribution in [1.82, 2.24) is 4.98 Å². The molecule has 5 heteroatoms. The van der Waals surface area contributed by atoms with Crippen LogP contribution in [0, 0.1) is 0 Å². The molecule has 0 unspecified atom stereocenters. The molecule has 0 saturated heterocycles. The first-order valence-corrected chi connectivity index (χ1v) is 6.59. The van der Waals surface area contributed by atoms with Crippen LogP contribution in [0.15, 0.2) is 42.6 Å². The molecule has 0 bridgehead atoms. The highest BCUT2D eigenvalue weighted by Crippen LogP contribution is 2.19. The van der Waals surface area contributed by atoms with Crippen LogP contribution in [-0.2, 0) is 11.2 Å². The Morgan fingerprint density at radius 1 is 1.30 bits per heavy atom. The Labute approximate surface area is 122 Å². The van der Waals surface area contributed by atoms with Crippen LogP contribution in [0.4, 0.5) is 5.69 Å². The van der Waals surface area contributed by atoms with Crippen LogP contribution in [0.5, 0.6) is 0 Å². The molecule has 0 aliphatic rings. The zero-order chi connectivity index (χ0) is 14.4. The summed E-state index contributed by atoms with van der Waals surface area (Å²) < 4.78 is 5.07. The van der Waals surface area contributed by atoms with Gasteiger partial charge in [0.1, 0.15) is 5.15 Å². The molecule has 0 spiro atoms. The minimum Gasteiger partial charge on any atom is -0.384 e. The molecule has 1 aromatic heterocycles. The summed E-state index contributed by atoms with van der Waals surface area (Å²) in [4.78, 5) is 16.1. The first kappa shape index (κ1) is 14.5. The van der Waals surface area contributed by atoms with Crippen molar-refractivity contribution in [3.63, 3.8) is 0 Å². The second-order valence-corrected chi connectivity index (χ2v) is 4.55. The molecule has 0 aliphatic heterocycles. The van der Waals surface area contributed by atoms with Gasteiger partial charge in [0.15, 0.2) is 0 Å². The fourth-order valence-corrected chi connectivity index (χ4v) is 2.02. The van der Waals surface area contributed by atoms with Gasteiger partial charge >= 0.3 is 0 Å². The van der Waals surface area contributed by atoms with Crippen molar-refractivity contribution in [3.8, 4) is 0 Å². The van der Waals surface area contributed by atoms with Crippen molar-refractivity contribution < 1.29 is 9.53 Å². The molecule has 0 saturated carbocycles. The van der Waals surface area contributed by atoms with E-state index in [1.807, 2.05) is 24.3 Å². The molecular weight excluding hydrogens is 276 g/mol. The van der Waals surface area contributed by atoms with E-state index < -0.39 is 0 Å². The smallest absolute Gasteiger partial charge is 0.258 e. The maximum atomic E-state index is 12.2. The third-order valence-corrected chi connectivity index (χ3v) is 3.15. The number of methoxy groups -OCH3 is 1. The lowest BCUT2D eigenvalue weighted by atomic mass is 10.1.